The fraction of sp³-hybridized carbons (Fsp3) is 0.231. The fourth-order valence-corrected chi connectivity index (χ4v) is 2.24. The number of hydrogen-bond acceptors (Lipinski definition) is 2. The number of nitrogens with one attached hydrogen (secondary N) is 1. The highest BCUT2D eigenvalue weighted by Gasteiger charge is 2.01. The zero-order valence-corrected chi connectivity index (χ0v) is 9.98. The molecule has 0 saturated carbocycles. The van der Waals surface area contributed by atoms with E-state index >= 15 is 0 Å². The summed E-state index contributed by atoms with van der Waals surface area (Å²) in [6, 6.07) is 7.27. The Labute approximate surface area is 98.9 Å². The van der Waals surface area contributed by atoms with Crippen molar-refractivity contribution < 1.29 is 4.39 Å². The quantitative estimate of drug-likeness (QED) is 0.855. The molecule has 0 amide bonds. The zero-order valence-electron chi connectivity index (χ0n) is 9.16. The van der Waals surface area contributed by atoms with Gasteiger partial charge in [-0.3, -0.25) is 0 Å². The summed E-state index contributed by atoms with van der Waals surface area (Å²) in [6.07, 6.45) is 0. The van der Waals surface area contributed by atoms with E-state index in [0.717, 1.165) is 17.7 Å². The molecule has 0 aliphatic carbocycles. The van der Waals surface area contributed by atoms with E-state index in [4.69, 9.17) is 0 Å². The molecule has 0 saturated heterocycles. The van der Waals surface area contributed by atoms with E-state index in [1.54, 1.807) is 17.4 Å². The Hall–Kier alpha value is -1.19. The van der Waals surface area contributed by atoms with E-state index < -0.39 is 0 Å². The van der Waals surface area contributed by atoms with Gasteiger partial charge < -0.3 is 5.32 Å². The molecule has 0 fully saturated rings. The van der Waals surface area contributed by atoms with E-state index in [1.807, 2.05) is 18.4 Å². The molecule has 0 atom stereocenters. The van der Waals surface area contributed by atoms with Crippen LogP contribution in [0.4, 0.5) is 4.39 Å². The third-order valence-corrected chi connectivity index (χ3v) is 3.16. The van der Waals surface area contributed by atoms with Gasteiger partial charge >= 0.3 is 0 Å². The molecule has 3 heteroatoms. The van der Waals surface area contributed by atoms with Crippen LogP contribution in [0.2, 0.25) is 0 Å². The van der Waals surface area contributed by atoms with E-state index in [9.17, 15) is 4.39 Å². The first-order valence-electron chi connectivity index (χ1n) is 5.22. The Morgan fingerprint density at radius 2 is 2.12 bits per heavy atom. The van der Waals surface area contributed by atoms with Crippen molar-refractivity contribution in [3.05, 3.63) is 57.5 Å². The molecule has 2 aromatic rings. The smallest absolute Gasteiger partial charge is 0.127 e. The molecular formula is C13H14FNS. The van der Waals surface area contributed by atoms with Crippen LogP contribution < -0.4 is 5.32 Å². The average molecular weight is 235 g/mol. The van der Waals surface area contributed by atoms with Crippen LogP contribution in [0.1, 0.15) is 16.7 Å². The first kappa shape index (κ1) is 11.3. The zero-order chi connectivity index (χ0) is 11.4. The molecule has 84 valence electrons. The lowest BCUT2D eigenvalue weighted by atomic mass is 10.1. The van der Waals surface area contributed by atoms with E-state index in [2.05, 4.69) is 16.8 Å². The first-order chi connectivity index (χ1) is 7.75. The molecule has 2 rings (SSSR count). The molecule has 1 nitrogen and oxygen atoms in total. The lowest BCUT2D eigenvalue weighted by molar-refractivity contribution is 0.587. The average Bonchev–Trinajstić information content (AvgIpc) is 2.76. The third-order valence-electron chi connectivity index (χ3n) is 2.43. The van der Waals surface area contributed by atoms with Gasteiger partial charge in [-0.25, -0.2) is 4.39 Å². The van der Waals surface area contributed by atoms with Gasteiger partial charge in [-0.1, -0.05) is 17.7 Å². The minimum Gasteiger partial charge on any atom is -0.308 e. The van der Waals surface area contributed by atoms with Gasteiger partial charge in [0, 0.05) is 18.7 Å². The molecule has 0 spiro atoms. The maximum absolute atomic E-state index is 13.4. The lowest BCUT2D eigenvalue weighted by Gasteiger charge is -2.06. The van der Waals surface area contributed by atoms with Crippen molar-refractivity contribution in [1.82, 2.24) is 5.32 Å². The number of halogens is 1. The summed E-state index contributed by atoms with van der Waals surface area (Å²) in [5.41, 5.74) is 3.07. The summed E-state index contributed by atoms with van der Waals surface area (Å²) in [5, 5.41) is 7.38. The number of thiophene rings is 1. The number of aryl methyl sites for hydroxylation is 1. The maximum Gasteiger partial charge on any atom is 0.127 e. The van der Waals surface area contributed by atoms with Crippen molar-refractivity contribution in [2.24, 2.45) is 0 Å². The van der Waals surface area contributed by atoms with E-state index in [-0.39, 0.29) is 5.82 Å². The van der Waals surface area contributed by atoms with Gasteiger partial charge in [-0.2, -0.15) is 11.3 Å². The van der Waals surface area contributed by atoms with Crippen molar-refractivity contribution in [3.8, 4) is 0 Å². The Balaban J connectivity index is 1.92. The Morgan fingerprint density at radius 1 is 1.25 bits per heavy atom. The largest absolute Gasteiger partial charge is 0.308 e. The summed E-state index contributed by atoms with van der Waals surface area (Å²) in [7, 11) is 0. The van der Waals surface area contributed by atoms with E-state index in [1.165, 1.54) is 11.6 Å². The predicted octanol–water partition coefficient (Wildman–Crippen LogP) is 3.49. The summed E-state index contributed by atoms with van der Waals surface area (Å²) in [5.74, 6) is -0.136. The second-order valence-electron chi connectivity index (χ2n) is 3.83. The van der Waals surface area contributed by atoms with Crippen molar-refractivity contribution in [2.75, 3.05) is 0 Å². The monoisotopic (exact) mass is 235 g/mol. The highest BCUT2D eigenvalue weighted by atomic mass is 32.1. The van der Waals surface area contributed by atoms with Gasteiger partial charge in [0.1, 0.15) is 5.82 Å². The van der Waals surface area contributed by atoms with Crippen molar-refractivity contribution in [2.45, 2.75) is 20.0 Å². The van der Waals surface area contributed by atoms with Crippen molar-refractivity contribution in [1.29, 1.82) is 0 Å². The molecule has 1 heterocycles. The first-order valence-corrected chi connectivity index (χ1v) is 6.17. The SMILES string of the molecule is Cc1ccc(F)c(CNCc2ccsc2)c1. The summed E-state index contributed by atoms with van der Waals surface area (Å²) in [6.45, 7) is 3.34. The molecule has 0 unspecified atom stereocenters. The third kappa shape index (κ3) is 2.90. The standard InChI is InChI=1S/C13H14FNS/c1-10-2-3-13(14)12(6-10)8-15-7-11-4-5-16-9-11/h2-6,9,15H,7-8H2,1H3. The van der Waals surface area contributed by atoms with Crippen LogP contribution in [0, 0.1) is 12.7 Å². The van der Waals surface area contributed by atoms with Crippen LogP contribution in [-0.2, 0) is 13.1 Å². The second kappa shape index (κ2) is 5.23. The minimum absolute atomic E-state index is 0.136. The van der Waals surface area contributed by atoms with Gasteiger partial charge in [0.15, 0.2) is 0 Å². The van der Waals surface area contributed by atoms with Crippen LogP contribution in [-0.4, -0.2) is 0 Å². The normalized spacial score (nSPS) is 10.6. The second-order valence-corrected chi connectivity index (χ2v) is 4.61. The van der Waals surface area contributed by atoms with Crippen molar-refractivity contribution >= 4 is 11.3 Å². The Kier molecular flexibility index (Phi) is 3.70. The Bertz CT molecular complexity index is 451. The lowest BCUT2D eigenvalue weighted by Crippen LogP contribution is -2.13. The number of benzene rings is 1. The minimum atomic E-state index is -0.136. The van der Waals surface area contributed by atoms with Gasteiger partial charge in [0.25, 0.3) is 0 Å². The van der Waals surface area contributed by atoms with E-state index in [0.29, 0.717) is 6.54 Å². The van der Waals surface area contributed by atoms with Crippen LogP contribution in [0.25, 0.3) is 0 Å². The highest BCUT2D eigenvalue weighted by molar-refractivity contribution is 7.07. The molecule has 0 aliphatic heterocycles. The molecule has 1 aromatic carbocycles. The predicted molar refractivity (Wildman–Crippen MR) is 66.0 cm³/mol. The Morgan fingerprint density at radius 3 is 2.88 bits per heavy atom. The van der Waals surface area contributed by atoms with Gasteiger partial charge in [-0.15, -0.1) is 0 Å². The molecule has 0 bridgehead atoms. The van der Waals surface area contributed by atoms with Crippen LogP contribution >= 0.6 is 11.3 Å². The molecule has 0 radical (unpaired) electrons. The fourth-order valence-electron chi connectivity index (χ4n) is 1.57. The molecule has 16 heavy (non-hydrogen) atoms. The summed E-state index contributed by atoms with van der Waals surface area (Å²) >= 11 is 1.68. The molecule has 1 aromatic heterocycles. The summed E-state index contributed by atoms with van der Waals surface area (Å²) < 4.78 is 13.4. The molecular weight excluding hydrogens is 221 g/mol. The van der Waals surface area contributed by atoms with Gasteiger partial charge in [0.2, 0.25) is 0 Å². The van der Waals surface area contributed by atoms with Crippen LogP contribution in [0.5, 0.6) is 0 Å². The summed E-state index contributed by atoms with van der Waals surface area (Å²) in [4.78, 5) is 0. The van der Waals surface area contributed by atoms with Gasteiger partial charge in [-0.05, 0) is 35.4 Å². The topological polar surface area (TPSA) is 12.0 Å². The molecule has 1 N–H and O–H groups in total. The number of hydrogen-bond donors (Lipinski definition) is 1. The maximum atomic E-state index is 13.4. The highest BCUT2D eigenvalue weighted by Crippen LogP contribution is 2.10. The molecule has 0 aliphatic rings. The van der Waals surface area contributed by atoms with Crippen LogP contribution in [0.15, 0.2) is 35.0 Å². The van der Waals surface area contributed by atoms with Crippen LogP contribution in [0.3, 0.4) is 0 Å². The van der Waals surface area contributed by atoms with Crippen molar-refractivity contribution in [3.63, 3.8) is 0 Å². The number of rotatable bonds is 4. The van der Waals surface area contributed by atoms with Gasteiger partial charge in [0.05, 0.1) is 0 Å².